The minimum absolute atomic E-state index is 0.0463. The lowest BCUT2D eigenvalue weighted by atomic mass is 10.2. The van der Waals surface area contributed by atoms with E-state index in [0.717, 1.165) is 5.75 Å². The van der Waals surface area contributed by atoms with Gasteiger partial charge in [-0.2, -0.15) is 0 Å². The molecule has 108 valence electrons. The van der Waals surface area contributed by atoms with Gasteiger partial charge in [-0.05, 0) is 19.4 Å². The molecule has 0 aromatic heterocycles. The number of hydrogen-bond acceptors (Lipinski definition) is 3. The largest absolute Gasteiger partial charge is 0.353 e. The van der Waals surface area contributed by atoms with Crippen LogP contribution < -0.4 is 5.32 Å². The number of amides is 2. The van der Waals surface area contributed by atoms with Gasteiger partial charge in [-0.3, -0.25) is 9.59 Å². The van der Waals surface area contributed by atoms with Crippen LogP contribution in [0.3, 0.4) is 0 Å². The minimum atomic E-state index is -0.351. The summed E-state index contributed by atoms with van der Waals surface area (Å²) in [6.45, 7) is 5.00. The zero-order valence-electron chi connectivity index (χ0n) is 11.9. The van der Waals surface area contributed by atoms with Gasteiger partial charge in [0.05, 0.1) is 5.75 Å². The van der Waals surface area contributed by atoms with Gasteiger partial charge in [0.25, 0.3) is 0 Å². The predicted octanol–water partition coefficient (Wildman–Crippen LogP) is 1.58. The molecule has 1 atom stereocenters. The fraction of sp³-hybridized carbons (Fsp3) is 0.467. The molecule has 1 unspecified atom stereocenters. The van der Waals surface area contributed by atoms with Crippen molar-refractivity contribution in [1.82, 2.24) is 10.2 Å². The highest BCUT2D eigenvalue weighted by Crippen LogP contribution is 2.15. The summed E-state index contributed by atoms with van der Waals surface area (Å²) in [5.41, 5.74) is 2.46. The SMILES string of the molecule is Cc1cccc(CSCC(=O)N2CCNC(=O)C2C)c1. The summed E-state index contributed by atoms with van der Waals surface area (Å²) in [5, 5.41) is 2.77. The van der Waals surface area contributed by atoms with Gasteiger partial charge >= 0.3 is 0 Å². The van der Waals surface area contributed by atoms with Crippen molar-refractivity contribution in [2.75, 3.05) is 18.8 Å². The van der Waals surface area contributed by atoms with E-state index in [9.17, 15) is 9.59 Å². The van der Waals surface area contributed by atoms with Gasteiger partial charge in [-0.1, -0.05) is 29.8 Å². The number of carbonyl (C=O) groups excluding carboxylic acids is 2. The molecule has 4 nitrogen and oxygen atoms in total. The van der Waals surface area contributed by atoms with Crippen LogP contribution in [-0.2, 0) is 15.3 Å². The molecule has 1 fully saturated rings. The second kappa shape index (κ2) is 6.79. The standard InChI is InChI=1S/C15H20N2O2S/c1-11-4-3-5-13(8-11)9-20-10-14(18)17-7-6-16-15(19)12(17)2/h3-5,8,12H,6-7,9-10H2,1-2H3,(H,16,19). The third-order valence-corrected chi connectivity index (χ3v) is 4.38. The van der Waals surface area contributed by atoms with E-state index in [2.05, 4.69) is 30.4 Å². The number of piperazine rings is 1. The van der Waals surface area contributed by atoms with Gasteiger partial charge in [-0.25, -0.2) is 0 Å². The van der Waals surface area contributed by atoms with Crippen LogP contribution >= 0.6 is 11.8 Å². The van der Waals surface area contributed by atoms with Crippen molar-refractivity contribution < 1.29 is 9.59 Å². The monoisotopic (exact) mass is 292 g/mol. The summed E-state index contributed by atoms with van der Waals surface area (Å²) >= 11 is 1.60. The van der Waals surface area contributed by atoms with Crippen LogP contribution in [0.15, 0.2) is 24.3 Å². The summed E-state index contributed by atoms with van der Waals surface area (Å²) in [5.74, 6) is 1.23. The van der Waals surface area contributed by atoms with Gasteiger partial charge in [0.1, 0.15) is 6.04 Å². The summed E-state index contributed by atoms with van der Waals surface area (Å²) in [6, 6.07) is 7.95. The van der Waals surface area contributed by atoms with Gasteiger partial charge in [-0.15, -0.1) is 11.8 Å². The molecule has 5 heteroatoms. The van der Waals surface area contributed by atoms with Gasteiger partial charge in [0.2, 0.25) is 11.8 Å². The van der Waals surface area contributed by atoms with E-state index < -0.39 is 0 Å². The van der Waals surface area contributed by atoms with Crippen LogP contribution in [0.1, 0.15) is 18.1 Å². The van der Waals surface area contributed by atoms with Crippen LogP contribution in [0, 0.1) is 6.92 Å². The average Bonchev–Trinajstić information content (AvgIpc) is 2.42. The van der Waals surface area contributed by atoms with Crippen LogP contribution in [0.4, 0.5) is 0 Å². The molecule has 1 N–H and O–H groups in total. The number of benzene rings is 1. The highest BCUT2D eigenvalue weighted by Gasteiger charge is 2.28. The van der Waals surface area contributed by atoms with E-state index in [4.69, 9.17) is 0 Å². The Balaban J connectivity index is 1.81. The number of nitrogens with one attached hydrogen (secondary N) is 1. The molecule has 1 aromatic rings. The number of rotatable bonds is 4. The summed E-state index contributed by atoms with van der Waals surface area (Å²) in [4.78, 5) is 25.3. The Morgan fingerprint density at radius 1 is 1.50 bits per heavy atom. The third kappa shape index (κ3) is 3.76. The molecule has 2 rings (SSSR count). The third-order valence-electron chi connectivity index (χ3n) is 3.40. The van der Waals surface area contributed by atoms with Gasteiger partial charge in [0.15, 0.2) is 0 Å². The molecule has 1 saturated heterocycles. The second-order valence-electron chi connectivity index (χ2n) is 5.04. The quantitative estimate of drug-likeness (QED) is 0.916. The maximum absolute atomic E-state index is 12.1. The number of carbonyl (C=O) groups is 2. The first-order valence-corrected chi connectivity index (χ1v) is 7.94. The normalized spacial score (nSPS) is 18.8. The lowest BCUT2D eigenvalue weighted by molar-refractivity contribution is -0.140. The first-order valence-electron chi connectivity index (χ1n) is 6.78. The Kier molecular flexibility index (Phi) is 5.06. The average molecular weight is 292 g/mol. The van der Waals surface area contributed by atoms with Crippen LogP contribution in [0.2, 0.25) is 0 Å². The Hall–Kier alpha value is -1.49. The van der Waals surface area contributed by atoms with Crippen molar-refractivity contribution in [3.05, 3.63) is 35.4 Å². The maximum Gasteiger partial charge on any atom is 0.242 e. The molecule has 1 aliphatic rings. The summed E-state index contributed by atoms with van der Waals surface area (Å²) in [6.07, 6.45) is 0. The molecule has 0 radical (unpaired) electrons. The molecular weight excluding hydrogens is 272 g/mol. The van der Waals surface area contributed by atoms with Gasteiger partial charge in [0, 0.05) is 18.8 Å². The number of nitrogens with zero attached hydrogens (tertiary/aromatic N) is 1. The molecule has 0 bridgehead atoms. The molecule has 1 aliphatic heterocycles. The van der Waals surface area contributed by atoms with Crippen molar-refractivity contribution in [2.45, 2.75) is 25.6 Å². The van der Waals surface area contributed by atoms with Crippen molar-refractivity contribution in [1.29, 1.82) is 0 Å². The summed E-state index contributed by atoms with van der Waals surface area (Å²) < 4.78 is 0. The molecule has 1 aromatic carbocycles. The fourth-order valence-electron chi connectivity index (χ4n) is 2.26. The zero-order chi connectivity index (χ0) is 14.5. The van der Waals surface area contributed by atoms with E-state index in [1.807, 2.05) is 6.07 Å². The lowest BCUT2D eigenvalue weighted by Gasteiger charge is -2.32. The second-order valence-corrected chi connectivity index (χ2v) is 6.02. The fourth-order valence-corrected chi connectivity index (χ4v) is 3.12. The molecule has 2 amide bonds. The van der Waals surface area contributed by atoms with Crippen LogP contribution in [0.5, 0.6) is 0 Å². The Labute approximate surface area is 123 Å². The predicted molar refractivity (Wildman–Crippen MR) is 81.5 cm³/mol. The van der Waals surface area contributed by atoms with E-state index in [1.54, 1.807) is 23.6 Å². The molecule has 20 heavy (non-hydrogen) atoms. The van der Waals surface area contributed by atoms with E-state index in [1.165, 1.54) is 11.1 Å². The summed E-state index contributed by atoms with van der Waals surface area (Å²) in [7, 11) is 0. The molecule has 0 spiro atoms. The Morgan fingerprint density at radius 3 is 3.05 bits per heavy atom. The topological polar surface area (TPSA) is 49.4 Å². The Bertz CT molecular complexity index is 504. The highest BCUT2D eigenvalue weighted by molar-refractivity contribution is 7.99. The van der Waals surface area contributed by atoms with E-state index in [0.29, 0.717) is 18.8 Å². The first-order chi connectivity index (χ1) is 9.58. The Morgan fingerprint density at radius 2 is 2.30 bits per heavy atom. The smallest absolute Gasteiger partial charge is 0.242 e. The van der Waals surface area contributed by atoms with Crippen molar-refractivity contribution in [2.24, 2.45) is 0 Å². The number of hydrogen-bond donors (Lipinski definition) is 1. The molecular formula is C15H20N2O2S. The van der Waals surface area contributed by atoms with Crippen molar-refractivity contribution in [3.63, 3.8) is 0 Å². The number of aryl methyl sites for hydroxylation is 1. The van der Waals surface area contributed by atoms with Crippen molar-refractivity contribution >= 4 is 23.6 Å². The van der Waals surface area contributed by atoms with Crippen LogP contribution in [-0.4, -0.2) is 41.6 Å². The molecule has 0 saturated carbocycles. The molecule has 0 aliphatic carbocycles. The lowest BCUT2D eigenvalue weighted by Crippen LogP contribution is -2.56. The highest BCUT2D eigenvalue weighted by atomic mass is 32.2. The van der Waals surface area contributed by atoms with E-state index in [-0.39, 0.29) is 17.9 Å². The minimum Gasteiger partial charge on any atom is -0.353 e. The molecule has 1 heterocycles. The first kappa shape index (κ1) is 14.9. The van der Waals surface area contributed by atoms with E-state index >= 15 is 0 Å². The zero-order valence-corrected chi connectivity index (χ0v) is 12.7. The maximum atomic E-state index is 12.1. The van der Waals surface area contributed by atoms with Crippen LogP contribution in [0.25, 0.3) is 0 Å². The number of thioether (sulfide) groups is 1. The van der Waals surface area contributed by atoms with Gasteiger partial charge < -0.3 is 10.2 Å². The van der Waals surface area contributed by atoms with Crippen molar-refractivity contribution in [3.8, 4) is 0 Å².